The highest BCUT2D eigenvalue weighted by Crippen LogP contribution is 2.23. The average Bonchev–Trinajstić information content (AvgIpc) is 3.11. The summed E-state index contributed by atoms with van der Waals surface area (Å²) in [5.74, 6) is 1.11. The van der Waals surface area contributed by atoms with Gasteiger partial charge in [0.1, 0.15) is 5.82 Å². The first kappa shape index (κ1) is 15.3. The summed E-state index contributed by atoms with van der Waals surface area (Å²) in [7, 11) is 0. The van der Waals surface area contributed by atoms with Crippen molar-refractivity contribution in [3.8, 4) is 10.7 Å². The summed E-state index contributed by atoms with van der Waals surface area (Å²) in [5, 5.41) is 5.65. The van der Waals surface area contributed by atoms with Gasteiger partial charge in [-0.2, -0.15) is 0 Å². The van der Waals surface area contributed by atoms with Crippen molar-refractivity contribution >= 4 is 11.3 Å². The Morgan fingerprint density at radius 3 is 3.05 bits per heavy atom. The normalized spacial score (nSPS) is 12.7. The first-order chi connectivity index (χ1) is 9.81. The average molecular weight is 291 g/mol. The summed E-state index contributed by atoms with van der Waals surface area (Å²) in [6.07, 6.45) is 8.94. The number of unbranched alkanes of at least 4 members (excludes halogenated alkanes) is 1. The van der Waals surface area contributed by atoms with Crippen LogP contribution >= 0.6 is 11.3 Å². The number of thiophene rings is 1. The molecule has 2 rings (SSSR count). The van der Waals surface area contributed by atoms with Crippen LogP contribution in [0.15, 0.2) is 29.9 Å². The number of nitrogens with one attached hydrogen (secondary N) is 1. The van der Waals surface area contributed by atoms with Gasteiger partial charge in [-0.3, -0.25) is 0 Å². The molecule has 0 aliphatic rings. The van der Waals surface area contributed by atoms with Gasteiger partial charge < -0.3 is 9.88 Å². The fourth-order valence-electron chi connectivity index (χ4n) is 2.35. The summed E-state index contributed by atoms with van der Waals surface area (Å²) in [6, 6.07) is 4.86. The van der Waals surface area contributed by atoms with Gasteiger partial charge in [0, 0.05) is 25.0 Å². The largest absolute Gasteiger partial charge is 0.330 e. The first-order valence-corrected chi connectivity index (χ1v) is 8.47. The quantitative estimate of drug-likeness (QED) is 0.703. The fourth-order valence-corrected chi connectivity index (χ4v) is 3.08. The molecule has 0 saturated carbocycles. The van der Waals surface area contributed by atoms with Crippen molar-refractivity contribution in [3.05, 3.63) is 29.9 Å². The van der Waals surface area contributed by atoms with Gasteiger partial charge in [0.25, 0.3) is 0 Å². The summed E-state index contributed by atoms with van der Waals surface area (Å²) < 4.78 is 2.27. The third-order valence-electron chi connectivity index (χ3n) is 3.49. The van der Waals surface area contributed by atoms with E-state index in [1.165, 1.54) is 30.6 Å². The van der Waals surface area contributed by atoms with E-state index in [2.05, 4.69) is 52.4 Å². The Morgan fingerprint density at radius 2 is 2.30 bits per heavy atom. The second kappa shape index (κ2) is 8.22. The van der Waals surface area contributed by atoms with Crippen molar-refractivity contribution in [3.63, 3.8) is 0 Å². The summed E-state index contributed by atoms with van der Waals surface area (Å²) in [5.41, 5.74) is 0. The molecule has 20 heavy (non-hydrogen) atoms. The lowest BCUT2D eigenvalue weighted by Crippen LogP contribution is -2.26. The minimum absolute atomic E-state index is 0.634. The Hall–Kier alpha value is -1.13. The molecular weight excluding hydrogens is 266 g/mol. The van der Waals surface area contributed by atoms with E-state index in [0.717, 1.165) is 18.9 Å². The molecule has 2 heterocycles. The number of aromatic nitrogens is 2. The Kier molecular flexibility index (Phi) is 6.27. The molecule has 0 aliphatic heterocycles. The van der Waals surface area contributed by atoms with Gasteiger partial charge in [0.15, 0.2) is 0 Å². The van der Waals surface area contributed by atoms with E-state index in [9.17, 15) is 0 Å². The lowest BCUT2D eigenvalue weighted by molar-refractivity contribution is 0.476. The number of nitrogens with zero attached hydrogens (tertiary/aromatic N) is 2. The standard InChI is InChI=1S/C16H25N3S/c1-3-9-17-14(2)7-4-5-11-19-12-10-18-16(19)15-8-6-13-20-15/h6,8,10,12-14,17H,3-5,7,9,11H2,1-2H3. The van der Waals surface area contributed by atoms with Gasteiger partial charge in [0.2, 0.25) is 0 Å². The zero-order valence-electron chi connectivity index (χ0n) is 12.5. The van der Waals surface area contributed by atoms with E-state index < -0.39 is 0 Å². The predicted octanol–water partition coefficient (Wildman–Crippen LogP) is 4.17. The molecule has 1 N–H and O–H groups in total. The highest BCUT2D eigenvalue weighted by molar-refractivity contribution is 7.13. The van der Waals surface area contributed by atoms with Crippen LogP contribution in [0.1, 0.15) is 39.5 Å². The van der Waals surface area contributed by atoms with Gasteiger partial charge in [-0.05, 0) is 44.2 Å². The number of rotatable bonds is 9. The topological polar surface area (TPSA) is 29.9 Å². The van der Waals surface area contributed by atoms with E-state index in [-0.39, 0.29) is 0 Å². The first-order valence-electron chi connectivity index (χ1n) is 7.59. The Balaban J connectivity index is 1.74. The molecule has 2 aromatic rings. The molecule has 2 aromatic heterocycles. The van der Waals surface area contributed by atoms with E-state index in [1.807, 2.05) is 6.20 Å². The van der Waals surface area contributed by atoms with Crippen LogP contribution in [0.5, 0.6) is 0 Å². The van der Waals surface area contributed by atoms with E-state index in [0.29, 0.717) is 6.04 Å². The van der Waals surface area contributed by atoms with Crippen LogP contribution < -0.4 is 5.32 Å². The molecule has 110 valence electrons. The van der Waals surface area contributed by atoms with E-state index in [4.69, 9.17) is 0 Å². The molecule has 0 fully saturated rings. The molecule has 4 heteroatoms. The molecule has 3 nitrogen and oxygen atoms in total. The third-order valence-corrected chi connectivity index (χ3v) is 4.35. The highest BCUT2D eigenvalue weighted by atomic mass is 32.1. The maximum atomic E-state index is 4.47. The van der Waals surface area contributed by atoms with E-state index in [1.54, 1.807) is 11.3 Å². The molecule has 0 spiro atoms. The molecule has 0 bridgehead atoms. The smallest absolute Gasteiger partial charge is 0.149 e. The van der Waals surface area contributed by atoms with Crippen molar-refractivity contribution in [2.24, 2.45) is 0 Å². The zero-order valence-corrected chi connectivity index (χ0v) is 13.3. The van der Waals surface area contributed by atoms with Gasteiger partial charge in [-0.15, -0.1) is 11.3 Å². The molecule has 0 radical (unpaired) electrons. The minimum atomic E-state index is 0.634. The molecule has 0 saturated heterocycles. The monoisotopic (exact) mass is 291 g/mol. The Bertz CT molecular complexity index is 476. The van der Waals surface area contributed by atoms with Crippen LogP contribution in [0.3, 0.4) is 0 Å². The molecule has 1 unspecified atom stereocenters. The van der Waals surface area contributed by atoms with Gasteiger partial charge in [-0.1, -0.05) is 19.4 Å². The second-order valence-corrected chi connectivity index (χ2v) is 6.22. The third kappa shape index (κ3) is 4.46. The van der Waals surface area contributed by atoms with Crippen LogP contribution in [0.25, 0.3) is 10.7 Å². The van der Waals surface area contributed by atoms with Gasteiger partial charge in [0.05, 0.1) is 4.88 Å². The lowest BCUT2D eigenvalue weighted by atomic mass is 10.1. The van der Waals surface area contributed by atoms with Crippen LogP contribution in [-0.4, -0.2) is 22.1 Å². The van der Waals surface area contributed by atoms with Crippen molar-refractivity contribution in [1.82, 2.24) is 14.9 Å². The van der Waals surface area contributed by atoms with Gasteiger partial charge >= 0.3 is 0 Å². The predicted molar refractivity (Wildman–Crippen MR) is 87.1 cm³/mol. The fraction of sp³-hybridized carbons (Fsp3) is 0.562. The Morgan fingerprint density at radius 1 is 1.40 bits per heavy atom. The highest BCUT2D eigenvalue weighted by Gasteiger charge is 2.06. The summed E-state index contributed by atoms with van der Waals surface area (Å²) in [6.45, 7) is 6.69. The molecule has 1 atom stereocenters. The molecular formula is C16H25N3S. The Labute approximate surface area is 126 Å². The molecule has 0 aliphatic carbocycles. The molecule has 0 aromatic carbocycles. The van der Waals surface area contributed by atoms with Crippen LogP contribution in [-0.2, 0) is 6.54 Å². The van der Waals surface area contributed by atoms with Crippen LogP contribution in [0.4, 0.5) is 0 Å². The SMILES string of the molecule is CCCNC(C)CCCCn1ccnc1-c1cccs1. The second-order valence-electron chi connectivity index (χ2n) is 5.27. The van der Waals surface area contributed by atoms with Crippen molar-refractivity contribution in [1.29, 1.82) is 0 Å². The number of hydrogen-bond donors (Lipinski definition) is 1. The maximum absolute atomic E-state index is 4.47. The summed E-state index contributed by atoms with van der Waals surface area (Å²) in [4.78, 5) is 5.73. The minimum Gasteiger partial charge on any atom is -0.330 e. The van der Waals surface area contributed by atoms with E-state index >= 15 is 0 Å². The zero-order chi connectivity index (χ0) is 14.2. The summed E-state index contributed by atoms with van der Waals surface area (Å²) >= 11 is 1.75. The van der Waals surface area contributed by atoms with Gasteiger partial charge in [-0.25, -0.2) is 4.98 Å². The maximum Gasteiger partial charge on any atom is 0.149 e. The van der Waals surface area contributed by atoms with Crippen molar-refractivity contribution in [2.45, 2.75) is 52.1 Å². The van der Waals surface area contributed by atoms with Crippen LogP contribution in [0, 0.1) is 0 Å². The van der Waals surface area contributed by atoms with Crippen molar-refractivity contribution in [2.75, 3.05) is 6.54 Å². The van der Waals surface area contributed by atoms with Crippen molar-refractivity contribution < 1.29 is 0 Å². The van der Waals surface area contributed by atoms with Crippen LogP contribution in [0.2, 0.25) is 0 Å². The molecule has 0 amide bonds. The number of aryl methyl sites for hydroxylation is 1. The number of imidazole rings is 1. The number of hydrogen-bond acceptors (Lipinski definition) is 3. The lowest BCUT2D eigenvalue weighted by Gasteiger charge is -2.13.